The molecule has 0 bridgehead atoms. The van der Waals surface area contributed by atoms with Gasteiger partial charge in [0.05, 0.1) is 31.5 Å². The summed E-state index contributed by atoms with van der Waals surface area (Å²) < 4.78 is 313. The Morgan fingerprint density at radius 1 is 0.471 bits per heavy atom. The molecule has 0 aromatic carbocycles. The number of carbonyl (C=O) groups is 2. The highest BCUT2D eigenvalue weighted by Crippen LogP contribution is 2.61. The second-order valence-corrected chi connectivity index (χ2v) is 11.3. The van der Waals surface area contributed by atoms with E-state index in [1.165, 1.54) is 0 Å². The van der Waals surface area contributed by atoms with E-state index in [9.17, 15) is 111 Å². The van der Waals surface area contributed by atoms with E-state index in [4.69, 9.17) is 0 Å². The molecule has 0 atom stereocenters. The van der Waals surface area contributed by atoms with Crippen molar-refractivity contribution in [3.05, 3.63) is 12.2 Å². The fraction of sp³-hybridized carbons (Fsp3) is 0.833. The zero-order valence-electron chi connectivity index (χ0n) is 25.1. The summed E-state index contributed by atoms with van der Waals surface area (Å²) in [5, 5.41) is 0. The molecule has 0 radical (unpaired) electrons. The number of halogens is 23. The Balaban J connectivity index is 5.57. The average molecular weight is 810 g/mol. The highest BCUT2D eigenvalue weighted by Gasteiger charge is 2.90. The first kappa shape index (κ1) is 48.1. The van der Waals surface area contributed by atoms with Gasteiger partial charge in [-0.2, -0.15) is 101 Å². The van der Waals surface area contributed by atoms with E-state index in [1.54, 1.807) is 0 Å². The molecule has 0 aromatic heterocycles. The number of hydrogen-bond donors (Lipinski definition) is 0. The molecule has 0 heterocycles. The lowest BCUT2D eigenvalue weighted by Crippen LogP contribution is -2.70. The van der Waals surface area contributed by atoms with Gasteiger partial charge in [-0.1, -0.05) is 6.58 Å². The highest BCUT2D eigenvalue weighted by molar-refractivity contribution is 5.89. The Morgan fingerprint density at radius 2 is 0.784 bits per heavy atom. The molecular weight excluding hydrogens is 789 g/mol. The molecule has 0 N–H and O–H groups in total. The van der Waals surface area contributed by atoms with Crippen LogP contribution >= 0.6 is 0 Å². The predicted octanol–water partition coefficient (Wildman–Crippen LogP) is 9.76. The van der Waals surface area contributed by atoms with Gasteiger partial charge in [-0.15, -0.1) is 0 Å². The van der Waals surface area contributed by atoms with E-state index in [2.05, 4.69) is 16.1 Å². The van der Waals surface area contributed by atoms with E-state index in [0.717, 1.165) is 0 Å². The van der Waals surface area contributed by atoms with E-state index < -0.39 is 128 Å². The third-order valence-electron chi connectivity index (χ3n) is 6.59. The molecule has 302 valence electrons. The monoisotopic (exact) mass is 810 g/mol. The quantitative estimate of drug-likeness (QED) is 0.0787. The van der Waals surface area contributed by atoms with E-state index in [-0.39, 0.29) is 0 Å². The van der Waals surface area contributed by atoms with Crippen LogP contribution in [0.25, 0.3) is 0 Å². The molecule has 4 nitrogen and oxygen atoms in total. The molecule has 0 saturated heterocycles. The summed E-state index contributed by atoms with van der Waals surface area (Å²) >= 11 is 0. The second kappa shape index (κ2) is 13.8. The van der Waals surface area contributed by atoms with Crippen molar-refractivity contribution in [3.63, 3.8) is 0 Å². The van der Waals surface area contributed by atoms with Crippen LogP contribution < -0.4 is 0 Å². The Morgan fingerprint density at radius 3 is 1.12 bits per heavy atom. The van der Waals surface area contributed by atoms with Crippen LogP contribution in [0.5, 0.6) is 0 Å². The first-order valence-corrected chi connectivity index (χ1v) is 12.8. The third-order valence-corrected chi connectivity index (χ3v) is 6.59. The van der Waals surface area contributed by atoms with Crippen molar-refractivity contribution >= 4 is 11.9 Å². The summed E-state index contributed by atoms with van der Waals surface area (Å²) in [6, 6.07) is 0. The van der Waals surface area contributed by atoms with Gasteiger partial charge in [-0.05, 0) is 20.3 Å². The molecule has 51 heavy (non-hydrogen) atoms. The normalized spacial score (nSPS) is 15.5. The molecule has 0 aliphatic heterocycles. The van der Waals surface area contributed by atoms with Crippen LogP contribution in [0.1, 0.15) is 40.0 Å². The van der Waals surface area contributed by atoms with Crippen LogP contribution in [0.2, 0.25) is 0 Å². The SMILES string of the molecule is C=C(CC(C)(C)C(=O)OCCC(F)(F)C(F)(F)C(F)(F)C(F)(F)C(F)(F)C(F)(F)F)C(=O)OCCC(F)(F)C(F)(F)C(F)(F)C(F)(F)C(C)(F)F. The Bertz CT molecular complexity index is 1280. The van der Waals surface area contributed by atoms with Crippen LogP contribution in [0.3, 0.4) is 0 Å². The molecule has 0 aliphatic carbocycles. The number of rotatable bonds is 18. The molecule has 0 rings (SSSR count). The molecule has 0 spiro atoms. The van der Waals surface area contributed by atoms with E-state index in [1.807, 2.05) is 0 Å². The van der Waals surface area contributed by atoms with Crippen LogP contribution in [-0.4, -0.2) is 90.6 Å². The van der Waals surface area contributed by atoms with Crippen molar-refractivity contribution in [2.75, 3.05) is 13.2 Å². The van der Waals surface area contributed by atoms with Crippen molar-refractivity contribution in [1.29, 1.82) is 0 Å². The van der Waals surface area contributed by atoms with E-state index in [0.29, 0.717) is 13.8 Å². The van der Waals surface area contributed by atoms with Crippen molar-refractivity contribution in [2.24, 2.45) is 5.41 Å². The van der Waals surface area contributed by atoms with Crippen LogP contribution in [-0.2, 0) is 19.1 Å². The summed E-state index contributed by atoms with van der Waals surface area (Å²) in [5.41, 5.74) is -3.46. The molecule has 0 aliphatic rings. The lowest BCUT2D eigenvalue weighted by molar-refractivity contribution is -0.440. The van der Waals surface area contributed by atoms with Gasteiger partial charge in [0.1, 0.15) is 0 Å². The first-order valence-electron chi connectivity index (χ1n) is 12.8. The zero-order chi connectivity index (χ0) is 41.7. The van der Waals surface area contributed by atoms with Crippen LogP contribution in [0.4, 0.5) is 101 Å². The van der Waals surface area contributed by atoms with Gasteiger partial charge in [0.15, 0.2) is 0 Å². The smallest absolute Gasteiger partial charge is 0.460 e. The number of ether oxygens (including phenoxy) is 2. The van der Waals surface area contributed by atoms with Gasteiger partial charge in [-0.25, -0.2) is 4.79 Å². The number of hydrogen-bond acceptors (Lipinski definition) is 4. The van der Waals surface area contributed by atoms with Crippen molar-refractivity contribution in [1.82, 2.24) is 0 Å². The topological polar surface area (TPSA) is 52.6 Å². The third kappa shape index (κ3) is 8.34. The maximum atomic E-state index is 13.9. The second-order valence-electron chi connectivity index (χ2n) is 11.3. The lowest BCUT2D eigenvalue weighted by atomic mass is 9.86. The largest absolute Gasteiger partial charge is 0.465 e. The minimum absolute atomic E-state index is 0.648. The Hall–Kier alpha value is -2.93. The Labute approximate surface area is 269 Å². The summed E-state index contributed by atoms with van der Waals surface area (Å²) in [6.45, 7) is -1.09. The minimum Gasteiger partial charge on any atom is -0.465 e. The molecule has 0 aromatic rings. The average Bonchev–Trinajstić information content (AvgIpc) is 2.90. The number of esters is 2. The van der Waals surface area contributed by atoms with Gasteiger partial charge in [-0.3, -0.25) is 4.79 Å². The van der Waals surface area contributed by atoms with Gasteiger partial charge >= 0.3 is 77.3 Å². The van der Waals surface area contributed by atoms with Crippen molar-refractivity contribution < 1.29 is 120 Å². The maximum Gasteiger partial charge on any atom is 0.460 e. The summed E-state index contributed by atoms with van der Waals surface area (Å²) in [4.78, 5) is 24.1. The number of alkyl halides is 23. The van der Waals surface area contributed by atoms with E-state index >= 15 is 0 Å². The Kier molecular flexibility index (Phi) is 13.0. The van der Waals surface area contributed by atoms with Gasteiger partial charge in [0, 0.05) is 12.5 Å². The standard InChI is InChI=1S/C24H21F23O4/c1-10(11(48)50-7-5-15(27,28)18(33,34)20(37,38)17(31,32)14(4,25)26)9-13(2,3)12(49)51-8-6-16(29,30)19(35,36)21(39,40)22(41,42)23(43,44)24(45,46)47/h1,5-9H2,2-4H3. The van der Waals surface area contributed by atoms with Gasteiger partial charge in [0.25, 0.3) is 0 Å². The van der Waals surface area contributed by atoms with Gasteiger partial charge < -0.3 is 9.47 Å². The highest BCUT2D eigenvalue weighted by atomic mass is 19.4. The molecule has 0 saturated carbocycles. The zero-order valence-corrected chi connectivity index (χ0v) is 25.1. The molecule has 27 heteroatoms. The summed E-state index contributed by atoms with van der Waals surface area (Å²) in [6.07, 6.45) is -14.6. The summed E-state index contributed by atoms with van der Waals surface area (Å²) in [5.74, 6) is -76.5. The van der Waals surface area contributed by atoms with Crippen molar-refractivity contribution in [2.45, 2.75) is 105 Å². The van der Waals surface area contributed by atoms with Crippen LogP contribution in [0.15, 0.2) is 12.2 Å². The minimum atomic E-state index is -8.19. The predicted molar refractivity (Wildman–Crippen MR) is 120 cm³/mol. The summed E-state index contributed by atoms with van der Waals surface area (Å²) in [7, 11) is 0. The first-order chi connectivity index (χ1) is 21.9. The number of carbonyl (C=O) groups excluding carboxylic acids is 2. The maximum absolute atomic E-state index is 13.9. The fourth-order valence-electron chi connectivity index (χ4n) is 3.34. The molecule has 0 amide bonds. The molecule has 0 unspecified atom stereocenters. The lowest BCUT2D eigenvalue weighted by Gasteiger charge is -2.39. The van der Waals surface area contributed by atoms with Gasteiger partial charge in [0.2, 0.25) is 0 Å². The molecular formula is C24H21F23O4. The van der Waals surface area contributed by atoms with Crippen LogP contribution in [0, 0.1) is 5.41 Å². The van der Waals surface area contributed by atoms with Crippen molar-refractivity contribution in [3.8, 4) is 0 Å². The molecule has 0 fully saturated rings. The fourth-order valence-corrected chi connectivity index (χ4v) is 3.34.